The maximum absolute atomic E-state index is 10.6. The Hall–Kier alpha value is -1.87. The van der Waals surface area contributed by atoms with Crippen LogP contribution in [0.2, 0.25) is 0 Å². The Kier molecular flexibility index (Phi) is 5.89. The van der Waals surface area contributed by atoms with E-state index in [1.165, 1.54) is 12.1 Å². The fourth-order valence-corrected chi connectivity index (χ4v) is 2.38. The SMILES string of the molecule is O=[N+]([O-])c1ccc(O[C@H]2O[C@H](COS(=O)(=O)[O-])[C@@H](O)[C@H](O)[C@H]2O)cc1. The summed E-state index contributed by atoms with van der Waals surface area (Å²) in [7, 11) is -5.06. The Morgan fingerprint density at radius 2 is 1.72 bits per heavy atom. The monoisotopic (exact) mass is 380 g/mol. The van der Waals surface area contributed by atoms with Gasteiger partial charge in [-0.25, -0.2) is 8.42 Å². The number of nitrogens with zero attached hydrogens (tertiary/aromatic N) is 1. The van der Waals surface area contributed by atoms with Crippen molar-refractivity contribution in [3.63, 3.8) is 0 Å². The van der Waals surface area contributed by atoms with Gasteiger partial charge >= 0.3 is 0 Å². The minimum absolute atomic E-state index is 0.0364. The average Bonchev–Trinajstić information content (AvgIpc) is 2.54. The molecule has 1 aromatic rings. The lowest BCUT2D eigenvalue weighted by atomic mass is 9.99. The Morgan fingerprint density at radius 1 is 1.12 bits per heavy atom. The van der Waals surface area contributed by atoms with Crippen LogP contribution in [0.25, 0.3) is 0 Å². The molecule has 0 saturated carbocycles. The lowest BCUT2D eigenvalue weighted by Gasteiger charge is -2.40. The standard InChI is InChI=1S/C12H15NO11S/c14-9-8(5-22-25(19,20)21)24-12(11(16)10(9)15)23-7-3-1-6(2-4-7)13(17)18/h1-4,8-12,14-16H,5H2,(H,19,20,21)/p-1/t8-,9-,10+,11-,12+/m1/s1. The highest BCUT2D eigenvalue weighted by molar-refractivity contribution is 7.80. The van der Waals surface area contributed by atoms with Crippen LogP contribution in [0, 0.1) is 10.1 Å². The molecule has 0 radical (unpaired) electrons. The minimum atomic E-state index is -5.06. The summed E-state index contributed by atoms with van der Waals surface area (Å²) in [5, 5.41) is 40.0. The zero-order valence-electron chi connectivity index (χ0n) is 12.4. The first kappa shape index (κ1) is 19.5. The second kappa shape index (κ2) is 7.57. The number of hydrogen-bond acceptors (Lipinski definition) is 11. The predicted molar refractivity (Wildman–Crippen MR) is 76.1 cm³/mol. The van der Waals surface area contributed by atoms with E-state index in [0.717, 1.165) is 12.1 Å². The van der Waals surface area contributed by atoms with Crippen LogP contribution in [-0.2, 0) is 19.3 Å². The minimum Gasteiger partial charge on any atom is -0.726 e. The number of nitro groups is 1. The molecule has 140 valence electrons. The lowest BCUT2D eigenvalue weighted by Crippen LogP contribution is -2.60. The fourth-order valence-electron chi connectivity index (χ4n) is 2.08. The molecule has 0 unspecified atom stereocenters. The molecule has 3 N–H and O–H groups in total. The normalized spacial score (nSPS) is 30.0. The van der Waals surface area contributed by atoms with Crippen molar-refractivity contribution in [2.75, 3.05) is 6.61 Å². The Labute approximate surface area is 141 Å². The summed E-state index contributed by atoms with van der Waals surface area (Å²) in [5.74, 6) is 0.0364. The number of benzene rings is 1. The highest BCUT2D eigenvalue weighted by atomic mass is 32.3. The van der Waals surface area contributed by atoms with Gasteiger partial charge in [-0.3, -0.25) is 14.3 Å². The second-order valence-electron chi connectivity index (χ2n) is 5.08. The van der Waals surface area contributed by atoms with Crippen LogP contribution in [0.15, 0.2) is 24.3 Å². The number of hydrogen-bond donors (Lipinski definition) is 3. The molecular formula is C12H14NO11S-. The molecule has 5 atom stereocenters. The molecule has 2 rings (SSSR count). The summed E-state index contributed by atoms with van der Waals surface area (Å²) in [5.41, 5.74) is -0.208. The molecule has 13 heteroatoms. The van der Waals surface area contributed by atoms with Crippen LogP contribution in [-0.4, -0.2) is 70.5 Å². The van der Waals surface area contributed by atoms with Crippen LogP contribution in [0.3, 0.4) is 0 Å². The Balaban J connectivity index is 2.08. The van der Waals surface area contributed by atoms with E-state index in [9.17, 15) is 38.4 Å². The molecule has 1 aromatic carbocycles. The number of nitro benzene ring substituents is 1. The van der Waals surface area contributed by atoms with Crippen molar-refractivity contribution in [1.29, 1.82) is 0 Å². The van der Waals surface area contributed by atoms with Crippen LogP contribution in [0.5, 0.6) is 5.75 Å². The number of rotatable bonds is 6. The van der Waals surface area contributed by atoms with Crippen molar-refractivity contribution in [3.8, 4) is 5.75 Å². The molecule has 0 amide bonds. The molecule has 1 fully saturated rings. The zero-order chi connectivity index (χ0) is 18.8. The van der Waals surface area contributed by atoms with Crippen LogP contribution >= 0.6 is 0 Å². The summed E-state index contributed by atoms with van der Waals surface area (Å²) in [6.45, 7) is -0.906. The third-order valence-corrected chi connectivity index (χ3v) is 3.77. The summed E-state index contributed by atoms with van der Waals surface area (Å²) in [6.07, 6.45) is -8.27. The maximum Gasteiger partial charge on any atom is 0.269 e. The van der Waals surface area contributed by atoms with Crippen molar-refractivity contribution in [2.45, 2.75) is 30.7 Å². The molecule has 1 aliphatic heterocycles. The highest BCUT2D eigenvalue weighted by Crippen LogP contribution is 2.26. The van der Waals surface area contributed by atoms with Gasteiger partial charge in [-0.1, -0.05) is 0 Å². The summed E-state index contributed by atoms with van der Waals surface area (Å²) in [6, 6.07) is 4.67. The van der Waals surface area contributed by atoms with E-state index >= 15 is 0 Å². The third kappa shape index (κ3) is 5.05. The molecule has 1 heterocycles. The first-order valence-electron chi connectivity index (χ1n) is 6.79. The van der Waals surface area contributed by atoms with Crippen molar-refractivity contribution < 1.29 is 46.9 Å². The molecular weight excluding hydrogens is 366 g/mol. The van der Waals surface area contributed by atoms with Crippen molar-refractivity contribution in [2.24, 2.45) is 0 Å². The van der Waals surface area contributed by atoms with E-state index < -0.39 is 52.6 Å². The largest absolute Gasteiger partial charge is 0.726 e. The number of aliphatic hydroxyl groups is 3. The summed E-state index contributed by atoms with van der Waals surface area (Å²) < 4.78 is 45.7. The van der Waals surface area contributed by atoms with Gasteiger partial charge in [0.05, 0.1) is 11.5 Å². The Bertz CT molecular complexity index is 706. The fraction of sp³-hybridized carbons (Fsp3) is 0.500. The molecule has 25 heavy (non-hydrogen) atoms. The van der Waals surface area contributed by atoms with Gasteiger partial charge in [0, 0.05) is 12.1 Å². The van der Waals surface area contributed by atoms with E-state index in [-0.39, 0.29) is 11.4 Å². The van der Waals surface area contributed by atoms with Crippen LogP contribution in [0.4, 0.5) is 5.69 Å². The first-order chi connectivity index (χ1) is 11.6. The second-order valence-corrected chi connectivity index (χ2v) is 6.13. The van der Waals surface area contributed by atoms with Gasteiger partial charge in [-0.05, 0) is 12.1 Å². The molecule has 1 saturated heterocycles. The highest BCUT2D eigenvalue weighted by Gasteiger charge is 2.45. The van der Waals surface area contributed by atoms with E-state index in [1.807, 2.05) is 0 Å². The molecule has 1 aliphatic rings. The van der Waals surface area contributed by atoms with Crippen molar-refractivity contribution in [1.82, 2.24) is 0 Å². The number of aliphatic hydroxyl groups excluding tert-OH is 3. The van der Waals surface area contributed by atoms with Gasteiger partial charge in [-0.2, -0.15) is 0 Å². The quantitative estimate of drug-likeness (QED) is 0.220. The van der Waals surface area contributed by atoms with Gasteiger partial charge < -0.3 is 29.3 Å². The first-order valence-corrected chi connectivity index (χ1v) is 8.13. The van der Waals surface area contributed by atoms with Gasteiger partial charge in [0.2, 0.25) is 16.7 Å². The maximum atomic E-state index is 10.6. The van der Waals surface area contributed by atoms with Gasteiger partial charge in [-0.15, -0.1) is 0 Å². The molecule has 0 aliphatic carbocycles. The van der Waals surface area contributed by atoms with Crippen molar-refractivity contribution >= 4 is 16.1 Å². The lowest BCUT2D eigenvalue weighted by molar-refractivity contribution is -0.384. The van der Waals surface area contributed by atoms with Crippen LogP contribution < -0.4 is 4.74 Å². The molecule has 0 aromatic heterocycles. The predicted octanol–water partition coefficient (Wildman–Crippen LogP) is -1.74. The van der Waals surface area contributed by atoms with Gasteiger partial charge in [0.25, 0.3) is 5.69 Å². The third-order valence-electron chi connectivity index (χ3n) is 3.34. The van der Waals surface area contributed by atoms with E-state index in [2.05, 4.69) is 4.18 Å². The zero-order valence-corrected chi connectivity index (χ0v) is 13.2. The van der Waals surface area contributed by atoms with E-state index in [4.69, 9.17) is 9.47 Å². The van der Waals surface area contributed by atoms with Gasteiger partial charge in [0.1, 0.15) is 30.2 Å². The summed E-state index contributed by atoms with van der Waals surface area (Å²) >= 11 is 0. The smallest absolute Gasteiger partial charge is 0.269 e. The topological polar surface area (TPSA) is 189 Å². The van der Waals surface area contributed by atoms with Gasteiger partial charge in [0.15, 0.2) is 0 Å². The number of ether oxygens (including phenoxy) is 2. The Morgan fingerprint density at radius 3 is 2.24 bits per heavy atom. The molecule has 12 nitrogen and oxygen atoms in total. The van der Waals surface area contributed by atoms with Crippen LogP contribution in [0.1, 0.15) is 0 Å². The number of non-ortho nitro benzene ring substituents is 1. The summed E-state index contributed by atoms with van der Waals surface area (Å²) in [4.78, 5) is 9.95. The van der Waals surface area contributed by atoms with Crippen molar-refractivity contribution in [3.05, 3.63) is 34.4 Å². The van der Waals surface area contributed by atoms with E-state index in [1.54, 1.807) is 0 Å². The van der Waals surface area contributed by atoms with E-state index in [0.29, 0.717) is 0 Å². The average molecular weight is 380 g/mol. The molecule has 0 bridgehead atoms. The molecule has 0 spiro atoms.